The minimum absolute atomic E-state index is 0.0632. The summed E-state index contributed by atoms with van der Waals surface area (Å²) in [5.74, 6) is -5.48. The van der Waals surface area contributed by atoms with Crippen LogP contribution < -0.4 is 27.0 Å². The summed E-state index contributed by atoms with van der Waals surface area (Å²) < 4.78 is 23.2. The van der Waals surface area contributed by atoms with Gasteiger partial charge in [0.15, 0.2) is 6.04 Å². The molecule has 0 spiro atoms. The maximum atomic E-state index is 14.5. The van der Waals surface area contributed by atoms with E-state index in [1.54, 1.807) is 57.2 Å². The van der Waals surface area contributed by atoms with Crippen LogP contribution in [0.25, 0.3) is 0 Å². The number of likely N-dealkylation sites (tertiary alicyclic amines) is 1. The first-order valence-electron chi connectivity index (χ1n) is 24.5. The lowest BCUT2D eigenvalue weighted by molar-refractivity contribution is -0.154. The van der Waals surface area contributed by atoms with Gasteiger partial charge in [-0.3, -0.25) is 28.8 Å². The molecule has 0 radical (unpaired) electrons. The van der Waals surface area contributed by atoms with Crippen molar-refractivity contribution in [2.24, 2.45) is 17.6 Å². The minimum atomic E-state index is -1.45. The zero-order valence-electron chi connectivity index (χ0n) is 41.8. The number of esters is 2. The SMILES string of the molecule is CC(C)C[C@H](N)C(=O)N[C@@H](CC(=O)OCc1ccccc1)C(=O)N[C@H](C(=O)N1CCC[C@H]1C(=O)N[C@@H](COCc1ccccc1)C(=O)N[C@H](C(=O)OCc1ccccc1)[C@@H](C)OCc1ccccc1)C(C)C. The topological polar surface area (TPSA) is 234 Å². The second-order valence-corrected chi connectivity index (χ2v) is 18.7. The van der Waals surface area contributed by atoms with E-state index in [1.807, 2.05) is 98.8 Å². The molecule has 7 atom stereocenters. The summed E-state index contributed by atoms with van der Waals surface area (Å²) >= 11 is 0. The number of nitrogens with one attached hydrogen (secondary N) is 4. The van der Waals surface area contributed by atoms with E-state index in [0.717, 1.165) is 22.3 Å². The van der Waals surface area contributed by atoms with Crippen LogP contribution in [-0.2, 0) is 78.9 Å². The van der Waals surface area contributed by atoms with Crippen LogP contribution in [0.5, 0.6) is 0 Å². The Kier molecular flexibility index (Phi) is 22.4. The first kappa shape index (κ1) is 56.0. The van der Waals surface area contributed by atoms with Crippen LogP contribution >= 0.6 is 0 Å². The molecule has 0 bridgehead atoms. The van der Waals surface area contributed by atoms with Gasteiger partial charge in [-0.05, 0) is 60.3 Å². The molecule has 0 unspecified atom stereocenters. The largest absolute Gasteiger partial charge is 0.461 e. The molecule has 1 aliphatic rings. The van der Waals surface area contributed by atoms with E-state index in [0.29, 0.717) is 12.8 Å². The number of nitrogens with two attached hydrogens (primary N) is 1. The monoisotopic (exact) mass is 991 g/mol. The lowest BCUT2D eigenvalue weighted by Crippen LogP contribution is -2.61. The predicted octanol–water partition coefficient (Wildman–Crippen LogP) is 4.65. The van der Waals surface area contributed by atoms with Crippen molar-refractivity contribution in [1.29, 1.82) is 0 Å². The highest BCUT2D eigenvalue weighted by atomic mass is 16.5. The molecule has 17 heteroatoms. The molecule has 1 heterocycles. The average molecular weight is 991 g/mol. The number of nitrogens with zero attached hydrogens (tertiary/aromatic N) is 1. The minimum Gasteiger partial charge on any atom is -0.461 e. The zero-order chi connectivity index (χ0) is 52.0. The van der Waals surface area contributed by atoms with Crippen LogP contribution in [0.2, 0.25) is 0 Å². The van der Waals surface area contributed by atoms with E-state index in [1.165, 1.54) is 4.90 Å². The van der Waals surface area contributed by atoms with Crippen molar-refractivity contribution < 1.29 is 52.5 Å². The third kappa shape index (κ3) is 18.0. The molecule has 0 aromatic heterocycles. The molecule has 6 N–H and O–H groups in total. The summed E-state index contributed by atoms with van der Waals surface area (Å²) in [5, 5.41) is 10.9. The van der Waals surface area contributed by atoms with Crippen molar-refractivity contribution in [2.45, 2.75) is 129 Å². The van der Waals surface area contributed by atoms with Gasteiger partial charge >= 0.3 is 11.9 Å². The second-order valence-electron chi connectivity index (χ2n) is 18.7. The predicted molar refractivity (Wildman–Crippen MR) is 269 cm³/mol. The number of hydrogen-bond donors (Lipinski definition) is 5. The standard InChI is InChI=1S/C55H70N6O11/c1-36(2)29-43(56)50(63)57-44(30-47(62)71-33-41-23-14-8-15-24-41)51(64)59-48(37(3)4)54(67)61-28-18-27-46(61)53(66)58-45(35-69-31-39-19-10-6-11-20-39)52(65)60-49(38(5)70-32-40-21-12-7-13-22-40)55(68)72-34-42-25-16-9-17-26-42/h6-17,19-26,36-38,43-46,48-49H,18,27-35,56H2,1-5H3,(H,57,63)(H,58,66)(H,59,64)(H,60,65)/t38-,43+,44+,45+,46+,48+,49+/m1/s1. The molecule has 1 aliphatic heterocycles. The molecular formula is C55H70N6O11. The molecule has 386 valence electrons. The summed E-state index contributed by atoms with van der Waals surface area (Å²) in [4.78, 5) is 99.0. The smallest absolute Gasteiger partial charge is 0.331 e. The highest BCUT2D eigenvalue weighted by molar-refractivity contribution is 5.97. The van der Waals surface area contributed by atoms with Gasteiger partial charge in [-0.25, -0.2) is 4.79 Å². The van der Waals surface area contributed by atoms with Crippen LogP contribution in [0.15, 0.2) is 121 Å². The molecule has 1 saturated heterocycles. The number of benzene rings is 4. The third-order valence-electron chi connectivity index (χ3n) is 12.0. The van der Waals surface area contributed by atoms with Gasteiger partial charge in [0.05, 0.1) is 38.4 Å². The lowest BCUT2D eigenvalue weighted by atomic mass is 10.0. The van der Waals surface area contributed by atoms with Crippen molar-refractivity contribution in [2.75, 3.05) is 13.2 Å². The van der Waals surface area contributed by atoms with Gasteiger partial charge in [-0.15, -0.1) is 0 Å². The Hall–Kier alpha value is -6.95. The average Bonchev–Trinajstić information content (AvgIpc) is 3.88. The molecule has 4 aromatic carbocycles. The summed E-state index contributed by atoms with van der Waals surface area (Å²) in [7, 11) is 0. The van der Waals surface area contributed by atoms with Gasteiger partial charge < -0.3 is 50.8 Å². The highest BCUT2D eigenvalue weighted by Gasteiger charge is 2.41. The maximum absolute atomic E-state index is 14.5. The van der Waals surface area contributed by atoms with Crippen LogP contribution in [0.1, 0.15) is 82.6 Å². The molecular weight excluding hydrogens is 921 g/mol. The number of rotatable bonds is 27. The Morgan fingerprint density at radius 3 is 1.64 bits per heavy atom. The molecule has 1 fully saturated rings. The third-order valence-corrected chi connectivity index (χ3v) is 12.0. The quantitative estimate of drug-likeness (QED) is 0.0515. The van der Waals surface area contributed by atoms with E-state index in [2.05, 4.69) is 21.3 Å². The van der Waals surface area contributed by atoms with Gasteiger partial charge in [-0.1, -0.05) is 149 Å². The summed E-state index contributed by atoms with van der Waals surface area (Å²) in [6.07, 6.45) is -0.472. The molecule has 5 amide bonds. The Balaban J connectivity index is 1.32. The maximum Gasteiger partial charge on any atom is 0.331 e. The van der Waals surface area contributed by atoms with Gasteiger partial charge in [0.25, 0.3) is 0 Å². The van der Waals surface area contributed by atoms with Crippen molar-refractivity contribution in [3.63, 3.8) is 0 Å². The highest BCUT2D eigenvalue weighted by Crippen LogP contribution is 2.22. The number of carbonyl (C=O) groups is 7. The first-order valence-corrected chi connectivity index (χ1v) is 24.5. The van der Waals surface area contributed by atoms with Crippen molar-refractivity contribution in [3.8, 4) is 0 Å². The Labute approximate surface area is 422 Å². The van der Waals surface area contributed by atoms with Gasteiger partial charge in [0.2, 0.25) is 29.5 Å². The van der Waals surface area contributed by atoms with Crippen molar-refractivity contribution in [1.82, 2.24) is 26.2 Å². The molecule has 5 rings (SSSR count). The fraction of sp³-hybridized carbons (Fsp3) is 0.436. The fourth-order valence-electron chi connectivity index (χ4n) is 7.97. The van der Waals surface area contributed by atoms with E-state index in [-0.39, 0.29) is 51.9 Å². The molecule has 72 heavy (non-hydrogen) atoms. The second kappa shape index (κ2) is 28.8. The van der Waals surface area contributed by atoms with Gasteiger partial charge in [0, 0.05) is 6.54 Å². The van der Waals surface area contributed by atoms with Crippen LogP contribution in [0.4, 0.5) is 0 Å². The Morgan fingerprint density at radius 1 is 0.597 bits per heavy atom. The van der Waals surface area contributed by atoms with Crippen LogP contribution in [0.3, 0.4) is 0 Å². The van der Waals surface area contributed by atoms with Crippen molar-refractivity contribution >= 4 is 41.5 Å². The lowest BCUT2D eigenvalue weighted by Gasteiger charge is -2.32. The van der Waals surface area contributed by atoms with Crippen molar-refractivity contribution in [3.05, 3.63) is 144 Å². The van der Waals surface area contributed by atoms with Gasteiger partial charge in [-0.2, -0.15) is 0 Å². The number of carbonyl (C=O) groups excluding carboxylic acids is 7. The summed E-state index contributed by atoms with van der Waals surface area (Å²) in [6.45, 7) is 8.79. The zero-order valence-corrected chi connectivity index (χ0v) is 41.8. The fourth-order valence-corrected chi connectivity index (χ4v) is 7.97. The molecule has 17 nitrogen and oxygen atoms in total. The van der Waals surface area contributed by atoms with E-state index in [9.17, 15) is 33.6 Å². The Morgan fingerprint density at radius 2 is 1.10 bits per heavy atom. The number of amides is 5. The molecule has 4 aromatic rings. The molecule has 0 saturated carbocycles. The van der Waals surface area contributed by atoms with E-state index < -0.39 is 96.2 Å². The first-order chi connectivity index (χ1) is 34.6. The summed E-state index contributed by atoms with van der Waals surface area (Å²) in [6, 6.07) is 29.2. The van der Waals surface area contributed by atoms with Gasteiger partial charge in [0.1, 0.15) is 37.4 Å². The number of ether oxygens (including phenoxy) is 4. The normalized spacial score (nSPS) is 15.8. The molecule has 0 aliphatic carbocycles. The van der Waals surface area contributed by atoms with Crippen LogP contribution in [-0.4, -0.2) is 102 Å². The number of hydrogen-bond acceptors (Lipinski definition) is 12. The Bertz CT molecular complexity index is 2360. The van der Waals surface area contributed by atoms with Crippen LogP contribution in [0, 0.1) is 11.8 Å². The van der Waals surface area contributed by atoms with E-state index in [4.69, 9.17) is 24.7 Å². The summed E-state index contributed by atoms with van der Waals surface area (Å²) in [5.41, 5.74) is 9.27. The van der Waals surface area contributed by atoms with E-state index >= 15 is 0 Å².